The number of benzene rings is 1. The number of likely N-dealkylation sites (N-methyl/N-ethyl adjacent to an activating group) is 1. The van der Waals surface area contributed by atoms with Crippen molar-refractivity contribution in [1.29, 1.82) is 0 Å². The van der Waals surface area contributed by atoms with Gasteiger partial charge in [-0.25, -0.2) is 4.79 Å². The number of carbonyl (C=O) groups is 2. The van der Waals surface area contributed by atoms with E-state index in [1.807, 2.05) is 11.9 Å². The zero-order valence-corrected chi connectivity index (χ0v) is 16.3. The summed E-state index contributed by atoms with van der Waals surface area (Å²) in [7, 11) is 1.87. The molecule has 0 radical (unpaired) electrons. The number of carboxylic acids is 1. The number of aromatic carboxylic acids is 1. The number of aromatic hydroxyl groups is 1. The van der Waals surface area contributed by atoms with Gasteiger partial charge in [0.05, 0.1) is 18.2 Å². The van der Waals surface area contributed by atoms with E-state index in [1.165, 1.54) is 24.6 Å². The predicted octanol–water partition coefficient (Wildman–Crippen LogP) is 2.61. The number of phenols is 1. The van der Waals surface area contributed by atoms with Gasteiger partial charge in [-0.15, -0.1) is 0 Å². The van der Waals surface area contributed by atoms with Crippen LogP contribution in [-0.2, 0) is 4.79 Å². The van der Waals surface area contributed by atoms with Gasteiger partial charge in [0, 0.05) is 19.2 Å². The molecule has 0 spiro atoms. The van der Waals surface area contributed by atoms with Gasteiger partial charge in [-0.1, -0.05) is 0 Å². The number of carboxylic acid groups (broad SMARTS) is 1. The molecule has 0 aromatic heterocycles. The third-order valence-corrected chi connectivity index (χ3v) is 6.28. The van der Waals surface area contributed by atoms with Crippen molar-refractivity contribution >= 4 is 11.9 Å². The quantitative estimate of drug-likeness (QED) is 0.660. The normalized spacial score (nSPS) is 23.5. The molecule has 2 aliphatic rings. The molecule has 0 aliphatic heterocycles. The number of rotatable bonds is 7. The van der Waals surface area contributed by atoms with Crippen LogP contribution in [-0.4, -0.2) is 52.7 Å². The van der Waals surface area contributed by atoms with Gasteiger partial charge in [0.1, 0.15) is 11.5 Å². The summed E-state index contributed by atoms with van der Waals surface area (Å²) in [4.78, 5) is 25.5. The minimum absolute atomic E-state index is 0.00113. The van der Waals surface area contributed by atoms with Crippen LogP contribution in [0.5, 0.6) is 11.5 Å². The van der Waals surface area contributed by atoms with Crippen molar-refractivity contribution in [3.63, 3.8) is 0 Å². The van der Waals surface area contributed by atoms with Crippen molar-refractivity contribution in [2.45, 2.75) is 57.0 Å². The molecule has 4 N–H and O–H groups in total. The Hall–Kier alpha value is -2.28. The maximum absolute atomic E-state index is 12.6. The van der Waals surface area contributed by atoms with E-state index in [2.05, 4.69) is 0 Å². The Kier molecular flexibility index (Phi) is 6.44. The van der Waals surface area contributed by atoms with Crippen molar-refractivity contribution in [2.24, 2.45) is 17.6 Å². The zero-order chi connectivity index (χ0) is 20.3. The summed E-state index contributed by atoms with van der Waals surface area (Å²) >= 11 is 0. The minimum Gasteiger partial charge on any atom is -0.508 e. The van der Waals surface area contributed by atoms with E-state index in [4.69, 9.17) is 15.6 Å². The molecule has 2 fully saturated rings. The van der Waals surface area contributed by atoms with Crippen LogP contribution in [0.3, 0.4) is 0 Å². The SMILES string of the molecule is CN(C(=O)[C@@H](N)C1CCC(COc2cc(O)cc(C(=O)O)c2)CC1)C1CCC1. The summed E-state index contributed by atoms with van der Waals surface area (Å²) < 4.78 is 5.72. The van der Waals surface area contributed by atoms with Crippen molar-refractivity contribution in [3.8, 4) is 11.5 Å². The Bertz CT molecular complexity index is 711. The number of hydrogen-bond donors (Lipinski definition) is 3. The molecule has 154 valence electrons. The monoisotopic (exact) mass is 390 g/mol. The van der Waals surface area contributed by atoms with Gasteiger partial charge >= 0.3 is 5.97 Å². The smallest absolute Gasteiger partial charge is 0.335 e. The molecule has 3 rings (SSSR count). The van der Waals surface area contributed by atoms with Crippen LogP contribution in [0.4, 0.5) is 0 Å². The maximum Gasteiger partial charge on any atom is 0.335 e. The molecule has 0 heterocycles. The van der Waals surface area contributed by atoms with E-state index in [-0.39, 0.29) is 23.1 Å². The molecule has 7 nitrogen and oxygen atoms in total. The number of nitrogens with zero attached hydrogens (tertiary/aromatic N) is 1. The third kappa shape index (κ3) is 4.76. The first-order valence-corrected chi connectivity index (χ1v) is 10.1. The average Bonchev–Trinajstić information content (AvgIpc) is 2.63. The number of ether oxygens (including phenoxy) is 1. The molecular weight excluding hydrogens is 360 g/mol. The first-order chi connectivity index (χ1) is 13.3. The van der Waals surface area contributed by atoms with Gasteiger partial charge in [-0.05, 0) is 68.9 Å². The topological polar surface area (TPSA) is 113 Å². The average molecular weight is 390 g/mol. The second kappa shape index (κ2) is 8.82. The standard InChI is InChI=1S/C21H30N2O5/c1-23(16-3-2-4-16)20(25)19(22)14-7-5-13(6-8-14)12-28-18-10-15(21(26)27)9-17(24)11-18/h9-11,13-14,16,19,24H,2-8,12,22H2,1H3,(H,26,27)/t13?,14?,19-/m0/s1. The molecule has 1 aromatic rings. The minimum atomic E-state index is -1.10. The van der Waals surface area contributed by atoms with Crippen LogP contribution in [0.2, 0.25) is 0 Å². The van der Waals surface area contributed by atoms with Crippen LogP contribution in [0, 0.1) is 11.8 Å². The van der Waals surface area contributed by atoms with Crippen LogP contribution >= 0.6 is 0 Å². The maximum atomic E-state index is 12.6. The summed E-state index contributed by atoms with van der Waals surface area (Å²) in [5.41, 5.74) is 6.27. The Morgan fingerprint density at radius 2 is 1.86 bits per heavy atom. The highest BCUT2D eigenvalue weighted by Crippen LogP contribution is 2.33. The molecule has 0 unspecified atom stereocenters. The molecule has 0 bridgehead atoms. The van der Waals surface area contributed by atoms with Gasteiger partial charge in [0.25, 0.3) is 0 Å². The van der Waals surface area contributed by atoms with Crippen molar-refractivity contribution in [1.82, 2.24) is 4.90 Å². The molecule has 2 aliphatic carbocycles. The summed E-state index contributed by atoms with van der Waals surface area (Å²) in [6.45, 7) is 0.459. The fourth-order valence-electron chi connectivity index (χ4n) is 4.11. The number of amides is 1. The van der Waals surface area contributed by atoms with Crippen LogP contribution < -0.4 is 10.5 Å². The van der Waals surface area contributed by atoms with Gasteiger partial charge in [-0.2, -0.15) is 0 Å². The fourth-order valence-corrected chi connectivity index (χ4v) is 4.11. The first-order valence-electron chi connectivity index (χ1n) is 10.1. The summed E-state index contributed by atoms with van der Waals surface area (Å²) in [6.07, 6.45) is 6.97. The second-order valence-electron chi connectivity index (χ2n) is 8.17. The number of phenolic OH excluding ortho intramolecular Hbond substituents is 1. The van der Waals surface area contributed by atoms with Crippen molar-refractivity contribution < 1.29 is 24.5 Å². The first kappa shape index (κ1) is 20.5. The van der Waals surface area contributed by atoms with Gasteiger partial charge in [-0.3, -0.25) is 4.79 Å². The third-order valence-electron chi connectivity index (χ3n) is 6.28. The molecule has 1 amide bonds. The fraction of sp³-hybridized carbons (Fsp3) is 0.619. The molecule has 7 heteroatoms. The lowest BCUT2D eigenvalue weighted by Gasteiger charge is -2.38. The van der Waals surface area contributed by atoms with E-state index in [9.17, 15) is 14.7 Å². The molecule has 1 aromatic carbocycles. The van der Waals surface area contributed by atoms with Crippen LogP contribution in [0.25, 0.3) is 0 Å². The Morgan fingerprint density at radius 1 is 1.18 bits per heavy atom. The summed E-state index contributed by atoms with van der Waals surface area (Å²) in [5, 5.41) is 18.7. The van der Waals surface area contributed by atoms with Crippen LogP contribution in [0.15, 0.2) is 18.2 Å². The molecule has 28 heavy (non-hydrogen) atoms. The number of hydrogen-bond acceptors (Lipinski definition) is 5. The van der Waals surface area contributed by atoms with E-state index >= 15 is 0 Å². The predicted molar refractivity (Wildman–Crippen MR) is 104 cm³/mol. The number of carbonyl (C=O) groups excluding carboxylic acids is 1. The van der Waals surface area contributed by atoms with Crippen LogP contribution in [0.1, 0.15) is 55.3 Å². The molecule has 0 saturated heterocycles. The van der Waals surface area contributed by atoms with Gasteiger partial charge in [0.15, 0.2) is 0 Å². The lowest BCUT2D eigenvalue weighted by atomic mass is 9.78. The highest BCUT2D eigenvalue weighted by Gasteiger charge is 2.34. The van der Waals surface area contributed by atoms with Gasteiger partial charge < -0.3 is 25.6 Å². The zero-order valence-electron chi connectivity index (χ0n) is 16.3. The Morgan fingerprint density at radius 3 is 2.43 bits per heavy atom. The van der Waals surface area contributed by atoms with E-state index in [0.717, 1.165) is 38.5 Å². The van der Waals surface area contributed by atoms with Crippen molar-refractivity contribution in [3.05, 3.63) is 23.8 Å². The lowest BCUT2D eigenvalue weighted by Crippen LogP contribution is -2.52. The Labute approximate surface area is 165 Å². The Balaban J connectivity index is 1.46. The van der Waals surface area contributed by atoms with E-state index < -0.39 is 12.0 Å². The molecule has 2 saturated carbocycles. The van der Waals surface area contributed by atoms with E-state index in [1.54, 1.807) is 0 Å². The summed E-state index contributed by atoms with van der Waals surface area (Å²) in [5.74, 6) is -0.284. The summed E-state index contributed by atoms with van der Waals surface area (Å²) in [6, 6.07) is 3.96. The highest BCUT2D eigenvalue weighted by atomic mass is 16.5. The lowest BCUT2D eigenvalue weighted by molar-refractivity contribution is -0.136. The van der Waals surface area contributed by atoms with E-state index in [0.29, 0.717) is 24.3 Å². The highest BCUT2D eigenvalue weighted by molar-refractivity contribution is 5.88. The largest absolute Gasteiger partial charge is 0.508 e. The number of nitrogens with two attached hydrogens (primary N) is 1. The van der Waals surface area contributed by atoms with Gasteiger partial charge in [0.2, 0.25) is 5.91 Å². The second-order valence-corrected chi connectivity index (χ2v) is 8.17. The van der Waals surface area contributed by atoms with Crippen molar-refractivity contribution in [2.75, 3.05) is 13.7 Å². The molecule has 1 atom stereocenters. The molecular formula is C21H30N2O5.